The molecule has 2 heterocycles. The zero-order valence-electron chi connectivity index (χ0n) is 9.15. The van der Waals surface area contributed by atoms with E-state index in [1.165, 1.54) is 6.42 Å². The maximum atomic E-state index is 12.0. The lowest BCUT2D eigenvalue weighted by Gasteiger charge is -2.33. The fourth-order valence-corrected chi connectivity index (χ4v) is 2.28. The summed E-state index contributed by atoms with van der Waals surface area (Å²) in [6.45, 7) is 2.35. The van der Waals surface area contributed by atoms with Crippen molar-refractivity contribution in [1.82, 2.24) is 4.90 Å². The van der Waals surface area contributed by atoms with Crippen LogP contribution in [0.2, 0.25) is 0 Å². The number of nitrogens with two attached hydrogens (primary N) is 1. The lowest BCUT2D eigenvalue weighted by atomic mass is 10.0. The number of hydrogen-bond donors (Lipinski definition) is 1. The molecule has 2 rings (SSSR count). The van der Waals surface area contributed by atoms with Gasteiger partial charge in [-0.3, -0.25) is 4.79 Å². The highest BCUT2D eigenvalue weighted by Gasteiger charge is 2.29. The third kappa shape index (κ3) is 2.69. The normalized spacial score (nSPS) is 32.7. The number of amides is 1. The summed E-state index contributed by atoms with van der Waals surface area (Å²) in [6, 6.07) is 0.121. The van der Waals surface area contributed by atoms with E-state index in [-0.39, 0.29) is 18.1 Å². The fourth-order valence-electron chi connectivity index (χ4n) is 2.28. The molecule has 2 saturated heterocycles. The second-order valence-electron chi connectivity index (χ2n) is 4.55. The minimum atomic E-state index is -0.220. The second kappa shape index (κ2) is 4.94. The van der Waals surface area contributed by atoms with Crippen LogP contribution in [-0.2, 0) is 9.53 Å². The average Bonchev–Trinajstić information content (AvgIpc) is 2.30. The number of piperidine rings is 1. The second-order valence-corrected chi connectivity index (χ2v) is 4.55. The van der Waals surface area contributed by atoms with Gasteiger partial charge in [0.25, 0.3) is 5.91 Å². The summed E-state index contributed by atoms with van der Waals surface area (Å²) in [4.78, 5) is 14.0. The zero-order chi connectivity index (χ0) is 10.7. The maximum Gasteiger partial charge on any atom is 0.251 e. The van der Waals surface area contributed by atoms with Crippen molar-refractivity contribution in [2.75, 3.05) is 19.7 Å². The van der Waals surface area contributed by atoms with Gasteiger partial charge in [-0.15, -0.1) is 0 Å². The van der Waals surface area contributed by atoms with E-state index in [1.807, 2.05) is 4.90 Å². The predicted molar refractivity (Wildman–Crippen MR) is 57.4 cm³/mol. The van der Waals surface area contributed by atoms with E-state index in [1.54, 1.807) is 0 Å². The van der Waals surface area contributed by atoms with Gasteiger partial charge in [-0.1, -0.05) is 0 Å². The maximum absolute atomic E-state index is 12.0. The molecule has 0 aromatic rings. The molecule has 2 fully saturated rings. The van der Waals surface area contributed by atoms with Gasteiger partial charge in [0.1, 0.15) is 6.10 Å². The summed E-state index contributed by atoms with van der Waals surface area (Å²) in [5.74, 6) is 0.182. The average molecular weight is 212 g/mol. The minimum absolute atomic E-state index is 0.121. The molecule has 0 aliphatic carbocycles. The molecule has 2 atom stereocenters. The molecule has 0 spiro atoms. The highest BCUT2D eigenvalue weighted by Crippen LogP contribution is 2.17. The number of ether oxygens (including phenoxy) is 1. The summed E-state index contributed by atoms with van der Waals surface area (Å²) >= 11 is 0. The standard InChI is InChI=1S/C11H20N2O2/c12-9-4-5-10(15-8-9)11(14)13-6-2-1-3-7-13/h9-10H,1-8,12H2. The number of hydrogen-bond acceptors (Lipinski definition) is 3. The van der Waals surface area contributed by atoms with E-state index in [4.69, 9.17) is 10.5 Å². The lowest BCUT2D eigenvalue weighted by Crippen LogP contribution is -2.47. The Labute approximate surface area is 90.8 Å². The number of carbonyl (C=O) groups excluding carboxylic acids is 1. The molecule has 0 radical (unpaired) electrons. The first-order valence-electron chi connectivity index (χ1n) is 5.93. The third-order valence-electron chi connectivity index (χ3n) is 3.25. The minimum Gasteiger partial charge on any atom is -0.367 e. The molecule has 2 unspecified atom stereocenters. The van der Waals surface area contributed by atoms with Crippen molar-refractivity contribution in [3.8, 4) is 0 Å². The van der Waals surface area contributed by atoms with Crippen LogP contribution in [0.25, 0.3) is 0 Å². The topological polar surface area (TPSA) is 55.6 Å². The predicted octanol–water partition coefficient (Wildman–Crippen LogP) is 0.505. The van der Waals surface area contributed by atoms with Crippen LogP contribution in [-0.4, -0.2) is 42.6 Å². The van der Waals surface area contributed by atoms with Gasteiger partial charge in [-0.25, -0.2) is 0 Å². The molecule has 86 valence electrons. The van der Waals surface area contributed by atoms with E-state index < -0.39 is 0 Å². The van der Waals surface area contributed by atoms with Gasteiger partial charge in [0, 0.05) is 19.1 Å². The van der Waals surface area contributed by atoms with Crippen LogP contribution in [0, 0.1) is 0 Å². The molecule has 0 saturated carbocycles. The molecular weight excluding hydrogens is 192 g/mol. The number of nitrogens with zero attached hydrogens (tertiary/aromatic N) is 1. The van der Waals surface area contributed by atoms with Crippen molar-refractivity contribution >= 4 is 5.91 Å². The van der Waals surface area contributed by atoms with Gasteiger partial charge >= 0.3 is 0 Å². The monoisotopic (exact) mass is 212 g/mol. The molecule has 15 heavy (non-hydrogen) atoms. The van der Waals surface area contributed by atoms with E-state index in [2.05, 4.69) is 0 Å². The largest absolute Gasteiger partial charge is 0.367 e. The van der Waals surface area contributed by atoms with Gasteiger partial charge in [-0.2, -0.15) is 0 Å². The van der Waals surface area contributed by atoms with Crippen LogP contribution >= 0.6 is 0 Å². The SMILES string of the molecule is NC1CCC(C(=O)N2CCCCC2)OC1. The van der Waals surface area contributed by atoms with E-state index in [0.717, 1.165) is 38.8 Å². The summed E-state index contributed by atoms with van der Waals surface area (Å²) in [7, 11) is 0. The van der Waals surface area contributed by atoms with Crippen molar-refractivity contribution in [3.63, 3.8) is 0 Å². The highest BCUT2D eigenvalue weighted by atomic mass is 16.5. The van der Waals surface area contributed by atoms with Gasteiger partial charge in [-0.05, 0) is 32.1 Å². The van der Waals surface area contributed by atoms with E-state index in [9.17, 15) is 4.79 Å². The quantitative estimate of drug-likeness (QED) is 0.689. The van der Waals surface area contributed by atoms with Crippen molar-refractivity contribution in [2.45, 2.75) is 44.2 Å². The highest BCUT2D eigenvalue weighted by molar-refractivity contribution is 5.81. The Balaban J connectivity index is 1.84. The molecule has 4 heteroatoms. The third-order valence-corrected chi connectivity index (χ3v) is 3.25. The number of carbonyl (C=O) groups is 1. The number of rotatable bonds is 1. The van der Waals surface area contributed by atoms with Crippen LogP contribution in [0.5, 0.6) is 0 Å². The summed E-state index contributed by atoms with van der Waals surface area (Å²) < 4.78 is 5.49. The summed E-state index contributed by atoms with van der Waals surface area (Å²) in [5.41, 5.74) is 5.73. The smallest absolute Gasteiger partial charge is 0.251 e. The molecule has 2 aliphatic rings. The Hall–Kier alpha value is -0.610. The Bertz CT molecular complexity index is 219. The zero-order valence-corrected chi connectivity index (χ0v) is 9.15. The van der Waals surface area contributed by atoms with Gasteiger partial charge < -0.3 is 15.4 Å². The molecular formula is C11H20N2O2. The molecule has 0 bridgehead atoms. The fraction of sp³-hybridized carbons (Fsp3) is 0.909. The van der Waals surface area contributed by atoms with Crippen molar-refractivity contribution < 1.29 is 9.53 Å². The molecule has 0 aromatic carbocycles. The molecule has 0 aromatic heterocycles. The van der Waals surface area contributed by atoms with Gasteiger partial charge in [0.05, 0.1) is 6.61 Å². The molecule has 2 N–H and O–H groups in total. The molecule has 4 nitrogen and oxygen atoms in total. The van der Waals surface area contributed by atoms with E-state index >= 15 is 0 Å². The van der Waals surface area contributed by atoms with Crippen LogP contribution in [0.4, 0.5) is 0 Å². The first-order valence-corrected chi connectivity index (χ1v) is 5.93. The van der Waals surface area contributed by atoms with Gasteiger partial charge in [0.2, 0.25) is 0 Å². The van der Waals surface area contributed by atoms with Gasteiger partial charge in [0.15, 0.2) is 0 Å². The Morgan fingerprint density at radius 3 is 2.53 bits per heavy atom. The van der Waals surface area contributed by atoms with Crippen molar-refractivity contribution in [1.29, 1.82) is 0 Å². The van der Waals surface area contributed by atoms with Crippen molar-refractivity contribution in [3.05, 3.63) is 0 Å². The van der Waals surface area contributed by atoms with Crippen molar-refractivity contribution in [2.24, 2.45) is 5.73 Å². The van der Waals surface area contributed by atoms with E-state index in [0.29, 0.717) is 6.61 Å². The Morgan fingerprint density at radius 1 is 1.20 bits per heavy atom. The van der Waals surface area contributed by atoms with Crippen LogP contribution in [0.1, 0.15) is 32.1 Å². The first kappa shape index (κ1) is 10.9. The van der Waals surface area contributed by atoms with Crippen LogP contribution < -0.4 is 5.73 Å². The Kier molecular flexibility index (Phi) is 3.59. The summed E-state index contributed by atoms with van der Waals surface area (Å²) in [6.07, 6.45) is 5.00. The molecule has 2 aliphatic heterocycles. The first-order chi connectivity index (χ1) is 7.27. The molecule has 1 amide bonds. The van der Waals surface area contributed by atoms with Crippen LogP contribution in [0.15, 0.2) is 0 Å². The lowest BCUT2D eigenvalue weighted by molar-refractivity contribution is -0.147. The Morgan fingerprint density at radius 2 is 1.93 bits per heavy atom. The number of likely N-dealkylation sites (tertiary alicyclic amines) is 1. The van der Waals surface area contributed by atoms with Crippen LogP contribution in [0.3, 0.4) is 0 Å². The summed E-state index contributed by atoms with van der Waals surface area (Å²) in [5, 5.41) is 0.